The van der Waals surface area contributed by atoms with Crippen LogP contribution >= 0.6 is 7.60 Å². The highest BCUT2D eigenvalue weighted by Gasteiger charge is 2.32. The van der Waals surface area contributed by atoms with Gasteiger partial charge in [0.25, 0.3) is 0 Å². The highest BCUT2D eigenvalue weighted by Crippen LogP contribution is 2.51. The minimum atomic E-state index is -3.41. The molecule has 0 aliphatic rings. The smallest absolute Gasteiger partial charge is 0.416 e. The second kappa shape index (κ2) is 12.8. The Balaban J connectivity index is 2.23. The maximum Gasteiger partial charge on any atom is 0.430 e. The SMILES string of the molecule is CCCC(C)c1ccc(OP(=O)(CC(C)CC(C)(C)C)Oc2ccc(C(C)CCC)cc2)cc1. The minimum Gasteiger partial charge on any atom is -0.416 e. The molecule has 0 fully saturated rings. The lowest BCUT2D eigenvalue weighted by Crippen LogP contribution is -2.17. The first-order valence-electron chi connectivity index (χ1n) is 13.1. The topological polar surface area (TPSA) is 35.5 Å². The molecule has 0 radical (unpaired) electrons. The molecular weight excluding hydrogens is 439 g/mol. The first-order chi connectivity index (χ1) is 15.9. The van der Waals surface area contributed by atoms with Gasteiger partial charge in [0.1, 0.15) is 11.5 Å². The number of benzene rings is 2. The molecule has 0 saturated carbocycles. The fourth-order valence-corrected chi connectivity index (χ4v) is 6.78. The van der Waals surface area contributed by atoms with E-state index in [4.69, 9.17) is 9.05 Å². The fourth-order valence-electron chi connectivity index (χ4n) is 4.82. The molecular formula is C30H47O3P. The molecule has 0 aromatic heterocycles. The van der Waals surface area contributed by atoms with Crippen LogP contribution in [0.15, 0.2) is 48.5 Å². The molecule has 0 spiro atoms. The molecule has 2 aromatic rings. The van der Waals surface area contributed by atoms with Crippen LogP contribution in [0.3, 0.4) is 0 Å². The van der Waals surface area contributed by atoms with Crippen molar-refractivity contribution in [2.75, 3.05) is 6.16 Å². The number of rotatable bonds is 13. The quantitative estimate of drug-likeness (QED) is 0.264. The average molecular weight is 487 g/mol. The van der Waals surface area contributed by atoms with Crippen LogP contribution in [0.25, 0.3) is 0 Å². The van der Waals surface area contributed by atoms with Crippen molar-refractivity contribution >= 4 is 7.60 Å². The molecule has 0 heterocycles. The summed E-state index contributed by atoms with van der Waals surface area (Å²) in [7, 11) is -3.41. The van der Waals surface area contributed by atoms with Crippen LogP contribution in [0.5, 0.6) is 11.5 Å². The molecule has 0 aliphatic heterocycles. The second-order valence-corrected chi connectivity index (χ2v) is 13.3. The van der Waals surface area contributed by atoms with Gasteiger partial charge in [0.15, 0.2) is 0 Å². The maximum absolute atomic E-state index is 14.0. The van der Waals surface area contributed by atoms with Crippen molar-refractivity contribution in [1.29, 1.82) is 0 Å². The Morgan fingerprint density at radius 3 is 1.44 bits per heavy atom. The summed E-state index contributed by atoms with van der Waals surface area (Å²) in [4.78, 5) is 0. The van der Waals surface area contributed by atoms with E-state index in [9.17, 15) is 4.57 Å². The lowest BCUT2D eigenvalue weighted by molar-refractivity contribution is 0.308. The summed E-state index contributed by atoms with van der Waals surface area (Å²) >= 11 is 0. The molecule has 0 N–H and O–H groups in total. The Morgan fingerprint density at radius 2 is 1.12 bits per heavy atom. The Bertz CT molecular complexity index is 835. The summed E-state index contributed by atoms with van der Waals surface area (Å²) in [6.07, 6.45) is 5.95. The molecule has 0 aliphatic carbocycles. The Morgan fingerprint density at radius 1 is 0.735 bits per heavy atom. The monoisotopic (exact) mass is 486 g/mol. The van der Waals surface area contributed by atoms with Gasteiger partial charge < -0.3 is 9.05 Å². The lowest BCUT2D eigenvalue weighted by atomic mass is 9.86. The molecule has 0 saturated heterocycles. The van der Waals surface area contributed by atoms with E-state index < -0.39 is 7.60 Å². The molecule has 190 valence electrons. The van der Waals surface area contributed by atoms with Gasteiger partial charge in [0, 0.05) is 0 Å². The van der Waals surface area contributed by atoms with Crippen LogP contribution in [0.1, 0.15) is 110 Å². The molecule has 3 atom stereocenters. The first kappa shape index (κ1) is 28.5. The molecule has 4 heteroatoms. The van der Waals surface area contributed by atoms with E-state index in [1.807, 2.05) is 24.3 Å². The van der Waals surface area contributed by atoms with Gasteiger partial charge in [-0.2, -0.15) is 0 Å². The van der Waals surface area contributed by atoms with Gasteiger partial charge in [0.2, 0.25) is 0 Å². The summed E-state index contributed by atoms with van der Waals surface area (Å²) in [5.74, 6) is 2.42. The van der Waals surface area contributed by atoms with E-state index in [2.05, 4.69) is 79.7 Å². The predicted molar refractivity (Wildman–Crippen MR) is 146 cm³/mol. The Hall–Kier alpha value is -1.73. The van der Waals surface area contributed by atoms with Gasteiger partial charge in [-0.15, -0.1) is 0 Å². The molecule has 3 unspecified atom stereocenters. The van der Waals surface area contributed by atoms with Crippen LogP contribution in [-0.4, -0.2) is 6.16 Å². The van der Waals surface area contributed by atoms with Gasteiger partial charge >= 0.3 is 7.60 Å². The van der Waals surface area contributed by atoms with Crippen molar-refractivity contribution in [2.24, 2.45) is 11.3 Å². The van der Waals surface area contributed by atoms with Crippen LogP contribution < -0.4 is 9.05 Å². The number of hydrogen-bond acceptors (Lipinski definition) is 3. The van der Waals surface area contributed by atoms with E-state index in [0.717, 1.165) is 32.1 Å². The summed E-state index contributed by atoms with van der Waals surface area (Å²) < 4.78 is 26.3. The third-order valence-corrected chi connectivity index (χ3v) is 8.38. The minimum absolute atomic E-state index is 0.151. The number of hydrogen-bond donors (Lipinski definition) is 0. The highest BCUT2D eigenvalue weighted by molar-refractivity contribution is 7.54. The average Bonchev–Trinajstić information content (AvgIpc) is 2.73. The van der Waals surface area contributed by atoms with Crippen molar-refractivity contribution in [2.45, 2.75) is 99.3 Å². The second-order valence-electron chi connectivity index (χ2n) is 11.4. The molecule has 0 amide bonds. The van der Waals surface area contributed by atoms with Crippen LogP contribution in [0.4, 0.5) is 0 Å². The van der Waals surface area contributed by atoms with Crippen molar-refractivity contribution < 1.29 is 13.6 Å². The van der Waals surface area contributed by atoms with E-state index in [-0.39, 0.29) is 11.3 Å². The van der Waals surface area contributed by atoms with Crippen LogP contribution in [-0.2, 0) is 4.57 Å². The first-order valence-corrected chi connectivity index (χ1v) is 14.9. The van der Waals surface area contributed by atoms with Crippen LogP contribution in [0, 0.1) is 11.3 Å². The molecule has 2 aromatic carbocycles. The van der Waals surface area contributed by atoms with E-state index in [1.165, 1.54) is 11.1 Å². The predicted octanol–water partition coefficient (Wildman–Crippen LogP) is 10.2. The summed E-state index contributed by atoms with van der Waals surface area (Å²) in [6.45, 7) is 17.7. The Labute approximate surface area is 209 Å². The van der Waals surface area contributed by atoms with Crippen molar-refractivity contribution in [3.05, 3.63) is 59.7 Å². The Kier molecular flexibility index (Phi) is 10.8. The van der Waals surface area contributed by atoms with Gasteiger partial charge in [-0.3, -0.25) is 0 Å². The van der Waals surface area contributed by atoms with Crippen LogP contribution in [0.2, 0.25) is 0 Å². The van der Waals surface area contributed by atoms with Crippen molar-refractivity contribution in [1.82, 2.24) is 0 Å². The summed E-state index contributed by atoms with van der Waals surface area (Å²) in [6, 6.07) is 16.1. The van der Waals surface area contributed by atoms with Gasteiger partial charge in [-0.25, -0.2) is 4.57 Å². The molecule has 2 rings (SSSR count). The van der Waals surface area contributed by atoms with E-state index in [1.54, 1.807) is 0 Å². The standard InChI is InChI=1S/C30H47O3P/c1-9-11-24(4)26-13-17-28(18-14-26)32-34(31,22-23(3)21-30(6,7)8)33-29-19-15-27(16-20-29)25(5)12-10-2/h13-20,23-25H,9-12,21-22H2,1-8H3. The zero-order valence-corrected chi connectivity index (χ0v) is 23.7. The van der Waals surface area contributed by atoms with Crippen molar-refractivity contribution in [3.8, 4) is 11.5 Å². The molecule has 0 bridgehead atoms. The highest BCUT2D eigenvalue weighted by atomic mass is 31.2. The van der Waals surface area contributed by atoms with Gasteiger partial charge in [-0.05, 0) is 77.8 Å². The third-order valence-electron chi connectivity index (χ3n) is 6.33. The normalized spacial score (nSPS) is 16.4. The zero-order chi connectivity index (χ0) is 25.4. The summed E-state index contributed by atoms with van der Waals surface area (Å²) in [5, 5.41) is 0. The van der Waals surface area contributed by atoms with Gasteiger partial charge in [-0.1, -0.05) is 92.5 Å². The summed E-state index contributed by atoms with van der Waals surface area (Å²) in [5.41, 5.74) is 2.71. The zero-order valence-electron chi connectivity index (χ0n) is 22.8. The van der Waals surface area contributed by atoms with E-state index >= 15 is 0 Å². The largest absolute Gasteiger partial charge is 0.430 e. The molecule has 3 nitrogen and oxygen atoms in total. The van der Waals surface area contributed by atoms with E-state index in [0.29, 0.717) is 29.5 Å². The maximum atomic E-state index is 14.0. The third kappa shape index (κ3) is 9.49. The lowest BCUT2D eigenvalue weighted by Gasteiger charge is -2.27. The van der Waals surface area contributed by atoms with Crippen molar-refractivity contribution in [3.63, 3.8) is 0 Å². The van der Waals surface area contributed by atoms with Gasteiger partial charge in [0.05, 0.1) is 6.16 Å². The molecule has 34 heavy (non-hydrogen) atoms. The fraction of sp³-hybridized carbons (Fsp3) is 0.600.